The van der Waals surface area contributed by atoms with Crippen LogP contribution in [0.1, 0.15) is 30.9 Å². The number of anilines is 1. The summed E-state index contributed by atoms with van der Waals surface area (Å²) < 4.78 is 29.1. The molecule has 2 amide bonds. The third-order valence-corrected chi connectivity index (χ3v) is 10.2. The fourth-order valence-corrected chi connectivity index (χ4v) is 7.15. The molecule has 12 heteroatoms. The van der Waals surface area contributed by atoms with E-state index in [9.17, 15) is 18.0 Å². The Kier molecular flexibility index (Phi) is 12.8. The number of carbonyl (C=O) groups excluding carboxylic acids is 2. The summed E-state index contributed by atoms with van der Waals surface area (Å²) >= 11 is 25.5. The number of sulfonamides is 1. The lowest BCUT2D eigenvalue weighted by atomic mass is 10.0. The molecule has 46 heavy (non-hydrogen) atoms. The fraction of sp³-hybridized carbons (Fsp3) is 0.235. The predicted molar refractivity (Wildman–Crippen MR) is 186 cm³/mol. The topological polar surface area (TPSA) is 86.8 Å². The van der Waals surface area contributed by atoms with Crippen LogP contribution in [0.25, 0.3) is 0 Å². The van der Waals surface area contributed by atoms with Gasteiger partial charge in [0.1, 0.15) is 12.6 Å². The molecule has 0 radical (unpaired) electrons. The Morgan fingerprint density at radius 1 is 0.804 bits per heavy atom. The molecule has 0 aliphatic carbocycles. The standard InChI is InChI=1S/C34H33Cl4N3O4S/c1-2-3-18-39-34(43)32(19-24-10-6-4-7-11-24)40(22-25-14-15-26(35)20-30(25)38)33(42)23-41(31-21-27(36)16-17-29(31)37)46(44,45)28-12-8-5-9-13-28/h4-17,20-21,32H,2-3,18-19,22-23H2,1H3,(H,39,43). The van der Waals surface area contributed by atoms with Gasteiger partial charge in [-0.2, -0.15) is 0 Å². The van der Waals surface area contributed by atoms with Crippen LogP contribution >= 0.6 is 46.4 Å². The lowest BCUT2D eigenvalue weighted by Crippen LogP contribution is -2.53. The van der Waals surface area contributed by atoms with E-state index in [1.54, 1.807) is 36.4 Å². The van der Waals surface area contributed by atoms with Crippen molar-refractivity contribution in [3.63, 3.8) is 0 Å². The predicted octanol–water partition coefficient (Wildman–Crippen LogP) is 8.05. The van der Waals surface area contributed by atoms with Gasteiger partial charge in [-0.15, -0.1) is 0 Å². The number of nitrogens with zero attached hydrogens (tertiary/aromatic N) is 2. The number of hydrogen-bond donors (Lipinski definition) is 1. The average Bonchev–Trinajstić information content (AvgIpc) is 3.04. The van der Waals surface area contributed by atoms with Gasteiger partial charge in [-0.25, -0.2) is 8.42 Å². The Labute approximate surface area is 290 Å². The van der Waals surface area contributed by atoms with Crippen LogP contribution < -0.4 is 9.62 Å². The zero-order valence-corrected chi connectivity index (χ0v) is 28.8. The first-order valence-corrected chi connectivity index (χ1v) is 17.5. The van der Waals surface area contributed by atoms with Crippen molar-refractivity contribution in [1.82, 2.24) is 10.2 Å². The van der Waals surface area contributed by atoms with Gasteiger partial charge in [0.2, 0.25) is 11.8 Å². The molecule has 0 heterocycles. The number of nitrogens with one attached hydrogen (secondary N) is 1. The zero-order valence-electron chi connectivity index (χ0n) is 25.0. The zero-order chi connectivity index (χ0) is 33.3. The van der Waals surface area contributed by atoms with Crippen molar-refractivity contribution in [3.05, 3.63) is 128 Å². The maximum Gasteiger partial charge on any atom is 0.264 e. The molecule has 0 spiro atoms. The average molecular weight is 722 g/mol. The first kappa shape index (κ1) is 35.6. The van der Waals surface area contributed by atoms with Gasteiger partial charge >= 0.3 is 0 Å². The monoisotopic (exact) mass is 719 g/mol. The van der Waals surface area contributed by atoms with Gasteiger partial charge < -0.3 is 10.2 Å². The molecule has 0 aromatic heterocycles. The summed E-state index contributed by atoms with van der Waals surface area (Å²) in [6, 6.07) is 25.2. The van der Waals surface area contributed by atoms with Crippen molar-refractivity contribution < 1.29 is 18.0 Å². The molecule has 1 unspecified atom stereocenters. The summed E-state index contributed by atoms with van der Waals surface area (Å²) in [4.78, 5) is 29.7. The van der Waals surface area contributed by atoms with Crippen molar-refractivity contribution in [2.45, 2.75) is 43.7 Å². The Hall–Kier alpha value is -3.27. The molecule has 1 atom stereocenters. The maximum atomic E-state index is 14.5. The third kappa shape index (κ3) is 9.17. The van der Waals surface area contributed by atoms with Gasteiger partial charge in [0.05, 0.1) is 15.6 Å². The van der Waals surface area contributed by atoms with E-state index in [0.717, 1.165) is 22.7 Å². The number of amides is 2. The minimum atomic E-state index is -4.33. The van der Waals surface area contributed by atoms with Gasteiger partial charge in [-0.1, -0.05) is 114 Å². The molecule has 0 saturated heterocycles. The molecule has 7 nitrogen and oxygen atoms in total. The number of halogens is 4. The first-order chi connectivity index (χ1) is 22.0. The van der Waals surface area contributed by atoms with Gasteiger partial charge in [-0.05, 0) is 60.0 Å². The molecule has 1 N–H and O–H groups in total. The second kappa shape index (κ2) is 16.5. The van der Waals surface area contributed by atoms with E-state index < -0.39 is 28.5 Å². The molecule has 0 fully saturated rings. The Morgan fingerprint density at radius 2 is 1.43 bits per heavy atom. The Balaban J connectivity index is 1.83. The normalized spacial score (nSPS) is 11.9. The van der Waals surface area contributed by atoms with E-state index in [0.29, 0.717) is 22.2 Å². The SMILES string of the molecule is CCCCNC(=O)C(Cc1ccccc1)N(Cc1ccc(Cl)cc1Cl)C(=O)CN(c1cc(Cl)ccc1Cl)S(=O)(=O)c1ccccc1. The van der Waals surface area contributed by atoms with Gasteiger partial charge in [0.25, 0.3) is 10.0 Å². The lowest BCUT2D eigenvalue weighted by molar-refractivity contribution is -0.140. The van der Waals surface area contributed by atoms with Crippen molar-refractivity contribution >= 4 is 73.9 Å². The second-order valence-electron chi connectivity index (χ2n) is 10.5. The molecule has 0 aliphatic rings. The van der Waals surface area contributed by atoms with E-state index in [4.69, 9.17) is 46.4 Å². The molecular formula is C34H33Cl4N3O4S. The van der Waals surface area contributed by atoms with Crippen molar-refractivity contribution in [1.29, 1.82) is 0 Å². The van der Waals surface area contributed by atoms with Crippen molar-refractivity contribution in [2.24, 2.45) is 0 Å². The van der Waals surface area contributed by atoms with Crippen LogP contribution in [0.2, 0.25) is 20.1 Å². The number of hydrogen-bond acceptors (Lipinski definition) is 4. The van der Waals surface area contributed by atoms with Crippen LogP contribution in [-0.4, -0.2) is 44.3 Å². The summed E-state index contributed by atoms with van der Waals surface area (Å²) in [5, 5.41) is 3.94. The smallest absolute Gasteiger partial charge is 0.264 e. The van der Waals surface area contributed by atoms with Crippen LogP contribution in [0.15, 0.2) is 102 Å². The summed E-state index contributed by atoms with van der Waals surface area (Å²) in [6.45, 7) is 1.64. The largest absolute Gasteiger partial charge is 0.354 e. The molecule has 0 bridgehead atoms. The quantitative estimate of drug-likeness (QED) is 0.134. The van der Waals surface area contributed by atoms with E-state index >= 15 is 0 Å². The van der Waals surface area contributed by atoms with Gasteiger partial charge in [-0.3, -0.25) is 13.9 Å². The van der Waals surface area contributed by atoms with Crippen LogP contribution in [0.5, 0.6) is 0 Å². The highest BCUT2D eigenvalue weighted by molar-refractivity contribution is 7.92. The van der Waals surface area contributed by atoms with Gasteiger partial charge in [0, 0.05) is 34.6 Å². The maximum absolute atomic E-state index is 14.5. The molecule has 4 aromatic carbocycles. The van der Waals surface area contributed by atoms with Crippen LogP contribution in [0.4, 0.5) is 5.69 Å². The fourth-order valence-electron chi connectivity index (χ4n) is 4.80. The number of unbranched alkanes of at least 4 members (excludes halogenated alkanes) is 1. The molecule has 4 rings (SSSR count). The summed E-state index contributed by atoms with van der Waals surface area (Å²) in [6.07, 6.45) is 1.77. The van der Waals surface area contributed by atoms with Crippen LogP contribution in [0.3, 0.4) is 0 Å². The number of carbonyl (C=O) groups is 2. The van der Waals surface area contributed by atoms with Gasteiger partial charge in [0.15, 0.2) is 0 Å². The van der Waals surface area contributed by atoms with E-state index in [-0.39, 0.29) is 39.5 Å². The highest BCUT2D eigenvalue weighted by Gasteiger charge is 2.35. The van der Waals surface area contributed by atoms with Crippen LogP contribution in [-0.2, 0) is 32.6 Å². The van der Waals surface area contributed by atoms with E-state index in [1.807, 2.05) is 37.3 Å². The third-order valence-electron chi connectivity index (χ3n) is 7.24. The molecule has 0 aliphatic heterocycles. The highest BCUT2D eigenvalue weighted by Crippen LogP contribution is 2.33. The van der Waals surface area contributed by atoms with E-state index in [2.05, 4.69) is 5.32 Å². The van der Waals surface area contributed by atoms with Crippen LogP contribution in [0, 0.1) is 0 Å². The second-order valence-corrected chi connectivity index (χ2v) is 14.1. The van der Waals surface area contributed by atoms with Crippen molar-refractivity contribution in [2.75, 3.05) is 17.4 Å². The Morgan fingerprint density at radius 3 is 2.09 bits per heavy atom. The summed E-state index contributed by atoms with van der Waals surface area (Å²) in [7, 11) is -4.33. The van der Waals surface area contributed by atoms with E-state index in [1.165, 1.54) is 35.2 Å². The molecule has 242 valence electrons. The number of benzene rings is 4. The molecule has 4 aromatic rings. The lowest BCUT2D eigenvalue weighted by Gasteiger charge is -2.34. The summed E-state index contributed by atoms with van der Waals surface area (Å²) in [5.74, 6) is -1.04. The highest BCUT2D eigenvalue weighted by atomic mass is 35.5. The first-order valence-electron chi connectivity index (χ1n) is 14.6. The Bertz CT molecular complexity index is 1760. The summed E-state index contributed by atoms with van der Waals surface area (Å²) in [5.41, 5.74) is 1.35. The minimum absolute atomic E-state index is 0.0165. The minimum Gasteiger partial charge on any atom is -0.354 e. The number of rotatable bonds is 14. The molecule has 0 saturated carbocycles. The molecular weight excluding hydrogens is 688 g/mol. The van der Waals surface area contributed by atoms with Crippen molar-refractivity contribution in [3.8, 4) is 0 Å².